The van der Waals surface area contributed by atoms with Gasteiger partial charge in [-0.2, -0.15) is 0 Å². The van der Waals surface area contributed by atoms with Gasteiger partial charge in [-0.05, 0) is 150 Å². The molecule has 0 saturated carbocycles. The smallest absolute Gasteiger partial charge is 0.255 e. The largest absolute Gasteiger partial charge is 0.496 e. The topological polar surface area (TPSA) is 369 Å². The number of hydrogen-bond acceptors (Lipinski definition) is 14. The number of primary amides is 1. The van der Waals surface area contributed by atoms with Crippen LogP contribution >= 0.6 is 0 Å². The number of carbonyl (C=O) groups excluding carboxylic acids is 7. The van der Waals surface area contributed by atoms with Gasteiger partial charge in [0.15, 0.2) is 0 Å². The van der Waals surface area contributed by atoms with Crippen molar-refractivity contribution in [2.45, 2.75) is 75.9 Å². The number of carbonyl (C=O) groups is 7. The Kier molecular flexibility index (Phi) is 21.2. The van der Waals surface area contributed by atoms with Gasteiger partial charge in [0.25, 0.3) is 23.6 Å². The number of nitrogen functional groups attached to an aromatic ring is 2. The molecule has 0 aliphatic heterocycles. The van der Waals surface area contributed by atoms with Crippen molar-refractivity contribution in [1.29, 1.82) is 0 Å². The molecule has 0 aromatic heterocycles. The minimum atomic E-state index is -1.12. The van der Waals surface area contributed by atoms with Crippen molar-refractivity contribution in [3.05, 3.63) is 101 Å². The molecule has 0 radical (unpaired) electrons. The lowest BCUT2D eigenvalue weighted by atomic mass is 10.0. The summed E-state index contributed by atoms with van der Waals surface area (Å²) in [6.07, 6.45) is 3.92. The fourth-order valence-electron chi connectivity index (χ4n) is 7.14. The number of unbranched alkanes of at least 4 members (excludes halogenated alkanes) is 3. The lowest BCUT2D eigenvalue weighted by Gasteiger charge is -2.21. The predicted molar refractivity (Wildman–Crippen MR) is 268 cm³/mol. The molecular weight excluding hydrogens is 887 g/mol. The third kappa shape index (κ3) is 16.2. The number of nitrogens with two attached hydrogens (primary N) is 6. The van der Waals surface area contributed by atoms with Crippen molar-refractivity contribution in [2.24, 2.45) is 22.9 Å². The standard InChI is InChI=1S/C48H65N13O8/c1-55-29-11-9-10-28(24-29)43(63)59-38(12-3-6-21-49)46(66)57-31-16-19-37(53)34(26-31)44(64)60-39(13-4-7-22-50)47(67)58-32-17-20-41(69-2)35(27-32)45(65)61-40(14-5-8-23-51)48(68)56-30-15-18-36(52)33(25-30)42(54)62/h9-11,15-20,24-27,38-40,55H,3-8,12-14,21-23,49-53H2,1-2H3,(H2,54,62)(H,56,68)(H,57,66)(H,58,67)(H,59,63)(H,60,64)(H,61,65). The quantitative estimate of drug-likeness (QED) is 0.0302. The minimum absolute atomic E-state index is 0.0105. The maximum atomic E-state index is 14.0. The van der Waals surface area contributed by atoms with Gasteiger partial charge in [-0.15, -0.1) is 0 Å². The Morgan fingerprint density at radius 2 is 0.928 bits per heavy atom. The number of hydrogen-bond donors (Lipinski definition) is 13. The average Bonchev–Trinajstić information content (AvgIpc) is 3.33. The zero-order valence-electron chi connectivity index (χ0n) is 39.0. The Morgan fingerprint density at radius 3 is 1.38 bits per heavy atom. The Labute approximate surface area is 400 Å². The van der Waals surface area contributed by atoms with E-state index in [1.54, 1.807) is 31.3 Å². The molecule has 69 heavy (non-hydrogen) atoms. The van der Waals surface area contributed by atoms with Gasteiger partial charge in [0, 0.05) is 46.7 Å². The van der Waals surface area contributed by atoms with E-state index in [2.05, 4.69) is 37.2 Å². The number of ether oxygens (including phenoxy) is 1. The van der Waals surface area contributed by atoms with Crippen LogP contribution in [0.5, 0.6) is 5.75 Å². The van der Waals surface area contributed by atoms with Crippen LogP contribution < -0.4 is 76.4 Å². The maximum absolute atomic E-state index is 14.0. The summed E-state index contributed by atoms with van der Waals surface area (Å²) in [6, 6.07) is 16.6. The van der Waals surface area contributed by atoms with Crippen molar-refractivity contribution in [1.82, 2.24) is 16.0 Å². The zero-order valence-corrected chi connectivity index (χ0v) is 39.0. The predicted octanol–water partition coefficient (Wildman–Crippen LogP) is 2.60. The molecular formula is C48H65N13O8. The molecule has 21 heteroatoms. The van der Waals surface area contributed by atoms with Crippen LogP contribution in [0.15, 0.2) is 78.9 Å². The minimum Gasteiger partial charge on any atom is -0.496 e. The zero-order chi connectivity index (χ0) is 50.5. The number of amides is 7. The van der Waals surface area contributed by atoms with Crippen LogP contribution in [-0.2, 0) is 14.4 Å². The van der Waals surface area contributed by atoms with E-state index in [1.165, 1.54) is 61.7 Å². The van der Waals surface area contributed by atoms with Gasteiger partial charge in [-0.3, -0.25) is 33.6 Å². The van der Waals surface area contributed by atoms with E-state index in [0.29, 0.717) is 70.1 Å². The Morgan fingerprint density at radius 1 is 0.507 bits per heavy atom. The lowest BCUT2D eigenvalue weighted by Crippen LogP contribution is -2.44. The summed E-state index contributed by atoms with van der Waals surface area (Å²) in [7, 11) is 3.08. The molecule has 19 N–H and O–H groups in total. The van der Waals surface area contributed by atoms with Gasteiger partial charge in [0.1, 0.15) is 23.9 Å². The summed E-state index contributed by atoms with van der Waals surface area (Å²) in [6.45, 7) is 1.10. The van der Waals surface area contributed by atoms with E-state index in [-0.39, 0.29) is 63.7 Å². The molecule has 7 amide bonds. The van der Waals surface area contributed by atoms with Crippen molar-refractivity contribution in [3.63, 3.8) is 0 Å². The van der Waals surface area contributed by atoms with Gasteiger partial charge in [-0.1, -0.05) is 6.07 Å². The summed E-state index contributed by atoms with van der Waals surface area (Å²) >= 11 is 0. The fourth-order valence-corrected chi connectivity index (χ4v) is 7.14. The summed E-state index contributed by atoms with van der Waals surface area (Å²) in [5.74, 6) is -4.27. The third-order valence-electron chi connectivity index (χ3n) is 11.0. The second kappa shape index (κ2) is 27.2. The molecule has 0 heterocycles. The fraction of sp³-hybridized carbons (Fsp3) is 0.354. The van der Waals surface area contributed by atoms with Crippen molar-refractivity contribution in [3.8, 4) is 5.75 Å². The molecule has 0 spiro atoms. The second-order valence-corrected chi connectivity index (χ2v) is 16.1. The van der Waals surface area contributed by atoms with E-state index in [4.69, 9.17) is 39.1 Å². The number of rotatable bonds is 27. The summed E-state index contributed by atoms with van der Waals surface area (Å²) in [5, 5.41) is 19.5. The van der Waals surface area contributed by atoms with Crippen molar-refractivity contribution in [2.75, 3.05) is 66.5 Å². The molecule has 0 aliphatic carbocycles. The van der Waals surface area contributed by atoms with E-state index < -0.39 is 59.5 Å². The normalized spacial score (nSPS) is 12.1. The molecule has 0 fully saturated rings. The first-order valence-corrected chi connectivity index (χ1v) is 22.6. The molecule has 370 valence electrons. The Bertz CT molecular complexity index is 2450. The second-order valence-electron chi connectivity index (χ2n) is 16.1. The average molecular weight is 952 g/mol. The highest BCUT2D eigenvalue weighted by Crippen LogP contribution is 2.25. The van der Waals surface area contributed by atoms with Gasteiger partial charge >= 0.3 is 0 Å². The van der Waals surface area contributed by atoms with Gasteiger partial charge < -0.3 is 76.4 Å². The third-order valence-corrected chi connectivity index (χ3v) is 11.0. The summed E-state index contributed by atoms with van der Waals surface area (Å²) < 4.78 is 5.47. The molecule has 3 atom stereocenters. The number of methoxy groups -OCH3 is 1. The van der Waals surface area contributed by atoms with Gasteiger partial charge in [-0.25, -0.2) is 0 Å². The van der Waals surface area contributed by atoms with E-state index in [1.807, 2.05) is 0 Å². The number of benzene rings is 4. The van der Waals surface area contributed by atoms with Crippen LogP contribution in [0, 0.1) is 0 Å². The molecule has 0 aliphatic rings. The van der Waals surface area contributed by atoms with Crippen LogP contribution in [0.25, 0.3) is 0 Å². The van der Waals surface area contributed by atoms with Crippen LogP contribution in [0.2, 0.25) is 0 Å². The van der Waals surface area contributed by atoms with Gasteiger partial charge in [0.05, 0.1) is 23.8 Å². The van der Waals surface area contributed by atoms with Crippen LogP contribution in [0.4, 0.5) is 34.1 Å². The van der Waals surface area contributed by atoms with Crippen molar-refractivity contribution < 1.29 is 38.3 Å². The molecule has 4 rings (SSSR count). The first kappa shape index (κ1) is 53.9. The summed E-state index contributed by atoms with van der Waals surface area (Å²) in [5.41, 5.74) is 36.5. The highest BCUT2D eigenvalue weighted by atomic mass is 16.5. The van der Waals surface area contributed by atoms with Crippen LogP contribution in [0.3, 0.4) is 0 Å². The Hall–Kier alpha value is -7.75. The molecule has 0 bridgehead atoms. The first-order valence-electron chi connectivity index (χ1n) is 22.6. The molecule has 0 saturated heterocycles. The van der Waals surface area contributed by atoms with Gasteiger partial charge in [0.2, 0.25) is 17.7 Å². The van der Waals surface area contributed by atoms with Crippen LogP contribution in [0.1, 0.15) is 99.2 Å². The Balaban J connectivity index is 1.52. The van der Waals surface area contributed by atoms with Crippen molar-refractivity contribution >= 4 is 75.5 Å². The monoisotopic (exact) mass is 952 g/mol. The highest BCUT2D eigenvalue weighted by molar-refractivity contribution is 6.07. The first-order chi connectivity index (χ1) is 33.1. The number of nitrogens with one attached hydrogen (secondary N) is 7. The van der Waals surface area contributed by atoms with E-state index in [0.717, 1.165) is 5.69 Å². The van der Waals surface area contributed by atoms with E-state index >= 15 is 0 Å². The maximum Gasteiger partial charge on any atom is 0.255 e. The molecule has 4 aromatic carbocycles. The summed E-state index contributed by atoms with van der Waals surface area (Å²) in [4.78, 5) is 94.1. The molecule has 21 nitrogen and oxygen atoms in total. The highest BCUT2D eigenvalue weighted by Gasteiger charge is 2.27. The van der Waals surface area contributed by atoms with Crippen LogP contribution in [-0.4, -0.2) is 93.3 Å². The lowest BCUT2D eigenvalue weighted by molar-refractivity contribution is -0.118. The van der Waals surface area contributed by atoms with E-state index in [9.17, 15) is 33.6 Å². The molecule has 3 unspecified atom stereocenters. The SMILES string of the molecule is CNc1cccc(C(=O)NC(CCCCN)C(=O)Nc2ccc(N)c(C(=O)NC(CCCCN)C(=O)Nc3ccc(OC)c(C(=O)NC(CCCCN)C(=O)Nc4ccc(N)c(C(N)=O)c4)c3)c2)c1. The molecule has 4 aromatic rings. The number of anilines is 6.